The second-order valence-electron chi connectivity index (χ2n) is 7.88. The maximum absolute atomic E-state index is 13.5. The molecule has 0 fully saturated rings. The molecule has 1 aliphatic rings. The number of esters is 1. The normalized spacial score (nSPS) is 15.8. The third-order valence-corrected chi connectivity index (χ3v) is 6.39. The summed E-state index contributed by atoms with van der Waals surface area (Å²) in [5, 5.41) is 9.78. The van der Waals surface area contributed by atoms with Crippen molar-refractivity contribution in [2.75, 3.05) is 25.6 Å². The molecule has 8 heteroatoms. The summed E-state index contributed by atoms with van der Waals surface area (Å²) in [4.78, 5) is 33.5. The molecule has 0 aliphatic carbocycles. The molecule has 0 spiro atoms. The molecular weight excluding hydrogens is 438 g/mol. The lowest BCUT2D eigenvalue weighted by molar-refractivity contribution is -0.139. The van der Waals surface area contributed by atoms with Crippen LogP contribution in [0.15, 0.2) is 69.6 Å². The molecule has 0 radical (unpaired) electrons. The number of phenolic OH excluding ortho intramolecular Hbond substituents is 1. The Bertz CT molecular complexity index is 1420. The van der Waals surface area contributed by atoms with Crippen LogP contribution in [0.25, 0.3) is 6.08 Å². The zero-order valence-corrected chi connectivity index (χ0v) is 19.7. The van der Waals surface area contributed by atoms with Gasteiger partial charge in [0.05, 0.1) is 28.5 Å². The number of aromatic hydroxyl groups is 1. The Morgan fingerprint density at radius 1 is 1.24 bits per heavy atom. The van der Waals surface area contributed by atoms with Crippen LogP contribution in [-0.4, -0.2) is 36.3 Å². The van der Waals surface area contributed by atoms with Gasteiger partial charge in [0.15, 0.2) is 4.80 Å². The van der Waals surface area contributed by atoms with Gasteiger partial charge in [-0.1, -0.05) is 35.6 Å². The number of benzene rings is 2. The maximum Gasteiger partial charge on any atom is 0.338 e. The molecule has 170 valence electrons. The number of thiazole rings is 1. The summed E-state index contributed by atoms with van der Waals surface area (Å²) in [5.41, 5.74) is 3.13. The third-order valence-electron chi connectivity index (χ3n) is 5.41. The average Bonchev–Trinajstić information content (AvgIpc) is 3.07. The lowest BCUT2D eigenvalue weighted by Gasteiger charge is -2.25. The van der Waals surface area contributed by atoms with Crippen molar-refractivity contribution in [2.45, 2.75) is 19.9 Å². The summed E-state index contributed by atoms with van der Waals surface area (Å²) < 4.78 is 7.35. The Kier molecular flexibility index (Phi) is 6.20. The average molecular weight is 464 g/mol. The molecule has 1 aliphatic heterocycles. The predicted octanol–water partition coefficient (Wildman–Crippen LogP) is 2.57. The molecular formula is C25H25N3O4S. The van der Waals surface area contributed by atoms with E-state index in [0.717, 1.165) is 11.3 Å². The first-order chi connectivity index (χ1) is 15.8. The third kappa shape index (κ3) is 4.34. The van der Waals surface area contributed by atoms with Gasteiger partial charge in [0.2, 0.25) is 0 Å². The highest BCUT2D eigenvalue weighted by atomic mass is 32.1. The molecule has 2 aromatic carbocycles. The van der Waals surface area contributed by atoms with Crippen molar-refractivity contribution >= 4 is 29.1 Å². The van der Waals surface area contributed by atoms with Crippen LogP contribution in [0.2, 0.25) is 0 Å². The summed E-state index contributed by atoms with van der Waals surface area (Å²) >= 11 is 1.25. The molecule has 0 saturated carbocycles. The van der Waals surface area contributed by atoms with Gasteiger partial charge in [-0.25, -0.2) is 9.79 Å². The quantitative estimate of drug-likeness (QED) is 0.588. The summed E-state index contributed by atoms with van der Waals surface area (Å²) in [6.45, 7) is 3.74. The number of hydrogen-bond donors (Lipinski definition) is 1. The number of hydrogen-bond acceptors (Lipinski definition) is 7. The van der Waals surface area contributed by atoms with E-state index in [2.05, 4.69) is 4.99 Å². The van der Waals surface area contributed by atoms with E-state index >= 15 is 0 Å². The summed E-state index contributed by atoms with van der Waals surface area (Å²) in [6.07, 6.45) is 1.72. The number of allylic oxidation sites excluding steroid dienone is 1. The van der Waals surface area contributed by atoms with Crippen LogP contribution in [0.4, 0.5) is 5.69 Å². The SMILES string of the molecule is CCOC(=O)C1=C(C)N=c2sc(=Cc3cccc(O)c3)c(=O)n2[C@@H]1c1ccc(N(C)C)cc1. The molecule has 1 atom stereocenters. The van der Waals surface area contributed by atoms with Crippen LogP contribution in [-0.2, 0) is 9.53 Å². The van der Waals surface area contributed by atoms with Crippen molar-refractivity contribution in [1.29, 1.82) is 0 Å². The van der Waals surface area contributed by atoms with Crippen LogP contribution in [0, 0.1) is 0 Å². The number of anilines is 1. The standard InChI is InChI=1S/C25H25N3O4S/c1-5-32-24(31)21-15(2)26-25-28(22(21)17-9-11-18(12-10-17)27(3)4)23(30)20(33-25)14-16-7-6-8-19(29)13-16/h6-14,22,29H,5H2,1-4H3/t22-/m1/s1. The van der Waals surface area contributed by atoms with Crippen molar-refractivity contribution in [3.05, 3.63) is 90.6 Å². The molecule has 1 aromatic heterocycles. The molecule has 0 saturated heterocycles. The predicted molar refractivity (Wildman–Crippen MR) is 129 cm³/mol. The van der Waals surface area contributed by atoms with Gasteiger partial charge in [0.1, 0.15) is 5.75 Å². The molecule has 0 bridgehead atoms. The van der Waals surface area contributed by atoms with Gasteiger partial charge in [-0.15, -0.1) is 0 Å². The smallest absolute Gasteiger partial charge is 0.338 e. The Balaban J connectivity index is 1.94. The van der Waals surface area contributed by atoms with Gasteiger partial charge in [0.25, 0.3) is 5.56 Å². The number of carbonyl (C=O) groups is 1. The lowest BCUT2D eigenvalue weighted by Crippen LogP contribution is -2.39. The van der Waals surface area contributed by atoms with E-state index in [9.17, 15) is 14.7 Å². The first-order valence-electron chi connectivity index (χ1n) is 10.6. The van der Waals surface area contributed by atoms with Crippen molar-refractivity contribution in [1.82, 2.24) is 4.57 Å². The first kappa shape index (κ1) is 22.5. The van der Waals surface area contributed by atoms with E-state index in [1.165, 1.54) is 11.3 Å². The summed E-state index contributed by atoms with van der Waals surface area (Å²) in [6, 6.07) is 13.8. The number of nitrogens with zero attached hydrogens (tertiary/aromatic N) is 3. The van der Waals surface area contributed by atoms with Crippen molar-refractivity contribution in [2.24, 2.45) is 4.99 Å². The molecule has 3 aromatic rings. The fraction of sp³-hybridized carbons (Fsp3) is 0.240. The van der Waals surface area contributed by atoms with E-state index in [-0.39, 0.29) is 17.9 Å². The van der Waals surface area contributed by atoms with Gasteiger partial charge in [0, 0.05) is 19.8 Å². The van der Waals surface area contributed by atoms with Gasteiger partial charge in [-0.2, -0.15) is 0 Å². The number of fused-ring (bicyclic) bond motifs is 1. The van der Waals surface area contributed by atoms with E-state index in [4.69, 9.17) is 4.74 Å². The van der Waals surface area contributed by atoms with Crippen LogP contribution in [0.1, 0.15) is 31.0 Å². The van der Waals surface area contributed by atoms with Crippen molar-refractivity contribution in [3.8, 4) is 5.75 Å². The fourth-order valence-corrected chi connectivity index (χ4v) is 4.87. The molecule has 1 N–H and O–H groups in total. The van der Waals surface area contributed by atoms with Gasteiger partial charge in [-0.3, -0.25) is 9.36 Å². The molecule has 4 rings (SSSR count). The first-order valence-corrected chi connectivity index (χ1v) is 11.4. The van der Waals surface area contributed by atoms with Gasteiger partial charge in [-0.05, 0) is 55.3 Å². The number of ether oxygens (including phenoxy) is 1. The Morgan fingerprint density at radius 2 is 1.97 bits per heavy atom. The highest BCUT2D eigenvalue weighted by molar-refractivity contribution is 7.07. The van der Waals surface area contributed by atoms with Crippen LogP contribution in [0.5, 0.6) is 5.75 Å². The van der Waals surface area contributed by atoms with E-state index < -0.39 is 12.0 Å². The van der Waals surface area contributed by atoms with Crippen molar-refractivity contribution in [3.63, 3.8) is 0 Å². The van der Waals surface area contributed by atoms with Gasteiger partial charge >= 0.3 is 5.97 Å². The summed E-state index contributed by atoms with van der Waals surface area (Å²) in [5.74, 6) is -0.362. The van der Waals surface area contributed by atoms with Crippen molar-refractivity contribution < 1.29 is 14.6 Å². The highest BCUT2D eigenvalue weighted by Crippen LogP contribution is 2.31. The second kappa shape index (κ2) is 9.07. The van der Waals surface area contributed by atoms with Crippen LogP contribution in [0.3, 0.4) is 0 Å². The Labute approximate surface area is 195 Å². The number of aromatic nitrogens is 1. The van der Waals surface area contributed by atoms with E-state index in [1.807, 2.05) is 49.3 Å². The largest absolute Gasteiger partial charge is 0.508 e. The topological polar surface area (TPSA) is 84.1 Å². The van der Waals surface area contributed by atoms with Crippen LogP contribution >= 0.6 is 11.3 Å². The fourth-order valence-electron chi connectivity index (χ4n) is 3.83. The van der Waals surface area contributed by atoms with Gasteiger partial charge < -0.3 is 14.7 Å². The highest BCUT2D eigenvalue weighted by Gasteiger charge is 2.33. The Morgan fingerprint density at radius 3 is 2.61 bits per heavy atom. The minimum absolute atomic E-state index is 0.121. The zero-order chi connectivity index (χ0) is 23.7. The summed E-state index contributed by atoms with van der Waals surface area (Å²) in [7, 11) is 3.90. The zero-order valence-electron chi connectivity index (χ0n) is 18.9. The molecule has 0 unspecified atom stereocenters. The minimum Gasteiger partial charge on any atom is -0.508 e. The maximum atomic E-state index is 13.5. The Hall–Kier alpha value is -3.65. The number of phenols is 1. The van der Waals surface area contributed by atoms with E-state index in [1.54, 1.807) is 42.7 Å². The minimum atomic E-state index is -0.650. The molecule has 33 heavy (non-hydrogen) atoms. The second-order valence-corrected chi connectivity index (χ2v) is 8.89. The lowest BCUT2D eigenvalue weighted by atomic mass is 9.95. The van der Waals surface area contributed by atoms with E-state index in [0.29, 0.717) is 26.2 Å². The number of carbonyl (C=O) groups excluding carboxylic acids is 1. The monoisotopic (exact) mass is 463 g/mol. The molecule has 0 amide bonds. The van der Waals surface area contributed by atoms with Crippen LogP contribution < -0.4 is 19.8 Å². The molecule has 7 nitrogen and oxygen atoms in total. The molecule has 2 heterocycles. The number of rotatable bonds is 5.